The summed E-state index contributed by atoms with van der Waals surface area (Å²) >= 11 is 0. The molecule has 0 amide bonds. The number of rotatable bonds is 3. The summed E-state index contributed by atoms with van der Waals surface area (Å²) in [6.45, 7) is 5.75. The summed E-state index contributed by atoms with van der Waals surface area (Å²) in [5.74, 6) is -0.191. The number of carbonyl (C=O) groups excluding carboxylic acids is 1. The zero-order chi connectivity index (χ0) is 13.2. The van der Waals surface area contributed by atoms with Crippen LogP contribution in [0.1, 0.15) is 37.0 Å². The minimum Gasteiger partial charge on any atom is -0.316 e. The number of halogens is 1. The number of hydrogen-bond donors (Lipinski definition) is 1. The van der Waals surface area contributed by atoms with Crippen molar-refractivity contribution >= 4 is 5.78 Å². The van der Waals surface area contributed by atoms with E-state index < -0.39 is 11.2 Å². The molecule has 0 aromatic carbocycles. The number of hydrogen-bond acceptors (Lipinski definition) is 3. The molecule has 3 nitrogen and oxygen atoms in total. The number of Topliss-reactive ketones (excluding diaryl/α,β-unsaturated/α-hetero) is 1. The lowest BCUT2D eigenvalue weighted by molar-refractivity contribution is 0.0707. The van der Waals surface area contributed by atoms with Crippen molar-refractivity contribution in [3.05, 3.63) is 29.8 Å². The first-order valence-corrected chi connectivity index (χ1v) is 6.38. The molecule has 1 fully saturated rings. The molecule has 2 heterocycles. The Balaban J connectivity index is 2.20. The standard InChI is InChI=1S/C14H19FN2O/c1-14(2,11-4-3-5-16-8-11)13(18)10-6-12(15)9-17-7-10/h6-7,9,11,16H,3-5,8H2,1-2H3. The van der Waals surface area contributed by atoms with Crippen molar-refractivity contribution in [2.24, 2.45) is 11.3 Å². The maximum Gasteiger partial charge on any atom is 0.170 e. The molecule has 1 N–H and O–H groups in total. The van der Waals surface area contributed by atoms with E-state index in [4.69, 9.17) is 0 Å². The lowest BCUT2D eigenvalue weighted by atomic mass is 9.70. The largest absolute Gasteiger partial charge is 0.316 e. The third-order valence-corrected chi connectivity index (χ3v) is 3.87. The highest BCUT2D eigenvalue weighted by molar-refractivity contribution is 6.00. The maximum atomic E-state index is 13.1. The first-order chi connectivity index (χ1) is 8.51. The Bertz CT molecular complexity index is 439. The molecule has 0 radical (unpaired) electrons. The SMILES string of the molecule is CC(C)(C(=O)c1cncc(F)c1)C1CCCNC1. The van der Waals surface area contributed by atoms with Crippen molar-refractivity contribution in [1.29, 1.82) is 0 Å². The van der Waals surface area contributed by atoms with Gasteiger partial charge in [-0.1, -0.05) is 13.8 Å². The molecule has 1 aromatic heterocycles. The van der Waals surface area contributed by atoms with Gasteiger partial charge in [-0.2, -0.15) is 0 Å². The fourth-order valence-electron chi connectivity index (χ4n) is 2.56. The summed E-state index contributed by atoms with van der Waals surface area (Å²) in [5, 5.41) is 3.32. The van der Waals surface area contributed by atoms with Gasteiger partial charge in [0, 0.05) is 17.2 Å². The van der Waals surface area contributed by atoms with Crippen molar-refractivity contribution in [3.63, 3.8) is 0 Å². The van der Waals surface area contributed by atoms with Gasteiger partial charge in [0.1, 0.15) is 5.82 Å². The topological polar surface area (TPSA) is 42.0 Å². The predicted molar refractivity (Wildman–Crippen MR) is 67.9 cm³/mol. The lowest BCUT2D eigenvalue weighted by Gasteiger charge is -2.36. The van der Waals surface area contributed by atoms with E-state index in [2.05, 4.69) is 10.3 Å². The Morgan fingerprint density at radius 2 is 2.28 bits per heavy atom. The molecule has 0 spiro atoms. The van der Waals surface area contributed by atoms with Crippen LogP contribution in [-0.4, -0.2) is 23.9 Å². The third kappa shape index (κ3) is 2.58. The molecule has 4 heteroatoms. The van der Waals surface area contributed by atoms with Crippen LogP contribution in [0.15, 0.2) is 18.5 Å². The van der Waals surface area contributed by atoms with Crippen molar-refractivity contribution < 1.29 is 9.18 Å². The molecule has 1 saturated heterocycles. The van der Waals surface area contributed by atoms with Gasteiger partial charge >= 0.3 is 0 Å². The number of carbonyl (C=O) groups is 1. The predicted octanol–water partition coefficient (Wildman–Crippen LogP) is 2.43. The van der Waals surface area contributed by atoms with Gasteiger partial charge in [-0.25, -0.2) is 4.39 Å². The molecule has 1 atom stereocenters. The van der Waals surface area contributed by atoms with E-state index in [0.717, 1.165) is 32.1 Å². The van der Waals surface area contributed by atoms with Crippen LogP contribution in [0.3, 0.4) is 0 Å². The first-order valence-electron chi connectivity index (χ1n) is 6.38. The van der Waals surface area contributed by atoms with Gasteiger partial charge in [-0.15, -0.1) is 0 Å². The number of piperidine rings is 1. The van der Waals surface area contributed by atoms with E-state index in [9.17, 15) is 9.18 Å². The molecule has 18 heavy (non-hydrogen) atoms. The third-order valence-electron chi connectivity index (χ3n) is 3.87. The lowest BCUT2D eigenvalue weighted by Crippen LogP contribution is -2.42. The van der Waals surface area contributed by atoms with Crippen LogP contribution in [0.2, 0.25) is 0 Å². The van der Waals surface area contributed by atoms with Gasteiger partial charge < -0.3 is 5.32 Å². The summed E-state index contributed by atoms with van der Waals surface area (Å²) in [6.07, 6.45) is 4.69. The average molecular weight is 250 g/mol. The van der Waals surface area contributed by atoms with E-state index in [1.54, 1.807) is 0 Å². The van der Waals surface area contributed by atoms with Crippen LogP contribution < -0.4 is 5.32 Å². The fraction of sp³-hybridized carbons (Fsp3) is 0.571. The Kier molecular flexibility index (Phi) is 3.76. The monoisotopic (exact) mass is 250 g/mol. The fourth-order valence-corrected chi connectivity index (χ4v) is 2.56. The van der Waals surface area contributed by atoms with Gasteiger partial charge in [0.25, 0.3) is 0 Å². The van der Waals surface area contributed by atoms with E-state index in [1.165, 1.54) is 12.3 Å². The van der Waals surface area contributed by atoms with Crippen LogP contribution in [0.5, 0.6) is 0 Å². The number of aromatic nitrogens is 1. The minimum atomic E-state index is -0.483. The Labute approximate surface area is 107 Å². The molecule has 0 saturated carbocycles. The van der Waals surface area contributed by atoms with Crippen LogP contribution in [0.4, 0.5) is 4.39 Å². The molecular formula is C14H19FN2O. The number of nitrogens with zero attached hydrogens (tertiary/aromatic N) is 1. The van der Waals surface area contributed by atoms with E-state index >= 15 is 0 Å². The van der Waals surface area contributed by atoms with Gasteiger partial charge in [0.2, 0.25) is 0 Å². The average Bonchev–Trinajstić information content (AvgIpc) is 2.39. The number of nitrogens with one attached hydrogen (secondary N) is 1. The first kappa shape index (κ1) is 13.1. The molecule has 1 aliphatic rings. The molecule has 0 aliphatic carbocycles. The summed E-state index contributed by atoms with van der Waals surface area (Å²) in [6, 6.07) is 1.27. The Hall–Kier alpha value is -1.29. The summed E-state index contributed by atoms with van der Waals surface area (Å²) in [7, 11) is 0. The molecule has 2 rings (SSSR count). The van der Waals surface area contributed by atoms with Gasteiger partial charge in [-0.05, 0) is 37.9 Å². The van der Waals surface area contributed by atoms with E-state index in [-0.39, 0.29) is 5.78 Å². The number of ketones is 1. The van der Waals surface area contributed by atoms with Crippen LogP contribution in [0, 0.1) is 17.2 Å². The Morgan fingerprint density at radius 3 is 2.89 bits per heavy atom. The summed E-state index contributed by atoms with van der Waals surface area (Å²) < 4.78 is 13.1. The van der Waals surface area contributed by atoms with E-state index in [1.807, 2.05) is 13.8 Å². The van der Waals surface area contributed by atoms with Gasteiger partial charge in [0.05, 0.1) is 6.20 Å². The summed E-state index contributed by atoms with van der Waals surface area (Å²) in [4.78, 5) is 16.2. The minimum absolute atomic E-state index is 0.0248. The second-order valence-corrected chi connectivity index (χ2v) is 5.49. The highest BCUT2D eigenvalue weighted by atomic mass is 19.1. The zero-order valence-electron chi connectivity index (χ0n) is 10.9. The second kappa shape index (κ2) is 5.14. The highest BCUT2D eigenvalue weighted by Crippen LogP contribution is 2.34. The van der Waals surface area contributed by atoms with Crippen molar-refractivity contribution in [1.82, 2.24) is 10.3 Å². The van der Waals surface area contributed by atoms with Gasteiger partial charge in [0.15, 0.2) is 5.78 Å². The van der Waals surface area contributed by atoms with Crippen molar-refractivity contribution in [2.45, 2.75) is 26.7 Å². The second-order valence-electron chi connectivity index (χ2n) is 5.49. The van der Waals surface area contributed by atoms with E-state index in [0.29, 0.717) is 11.5 Å². The van der Waals surface area contributed by atoms with Crippen molar-refractivity contribution in [3.8, 4) is 0 Å². The zero-order valence-corrected chi connectivity index (χ0v) is 10.9. The molecule has 98 valence electrons. The Morgan fingerprint density at radius 1 is 1.50 bits per heavy atom. The van der Waals surface area contributed by atoms with Crippen LogP contribution in [0.25, 0.3) is 0 Å². The maximum absolute atomic E-state index is 13.1. The van der Waals surface area contributed by atoms with Gasteiger partial charge in [-0.3, -0.25) is 9.78 Å². The van der Waals surface area contributed by atoms with Crippen molar-refractivity contribution in [2.75, 3.05) is 13.1 Å². The molecule has 1 aromatic rings. The molecule has 0 bridgehead atoms. The normalized spacial score (nSPS) is 20.7. The molecule has 1 aliphatic heterocycles. The van der Waals surface area contributed by atoms with Crippen LogP contribution in [-0.2, 0) is 0 Å². The molecule has 1 unspecified atom stereocenters. The smallest absolute Gasteiger partial charge is 0.170 e. The highest BCUT2D eigenvalue weighted by Gasteiger charge is 2.37. The summed E-state index contributed by atoms with van der Waals surface area (Å²) in [5.41, 5.74) is -0.117. The quantitative estimate of drug-likeness (QED) is 0.838. The molecular weight excluding hydrogens is 231 g/mol. The van der Waals surface area contributed by atoms with Crippen LogP contribution >= 0.6 is 0 Å². The number of pyridine rings is 1.